The van der Waals surface area contributed by atoms with Gasteiger partial charge in [0.25, 0.3) is 5.91 Å². The zero-order valence-electron chi connectivity index (χ0n) is 10.6. The van der Waals surface area contributed by atoms with Crippen molar-refractivity contribution in [2.45, 2.75) is 32.9 Å². The molecule has 1 atom stereocenters. The standard InChI is InChI=1S/C11H16N4O3/c1-6(2)4-7-5-15-9(10(16)12-7)8(13-14-15)11(17)18-3/h6-7H,4-5H2,1-3H3,(H,12,16)/t7-/m0/s1. The van der Waals surface area contributed by atoms with Gasteiger partial charge in [-0.15, -0.1) is 5.10 Å². The van der Waals surface area contributed by atoms with E-state index in [1.807, 2.05) is 0 Å². The van der Waals surface area contributed by atoms with E-state index in [2.05, 4.69) is 34.2 Å². The van der Waals surface area contributed by atoms with Crippen molar-refractivity contribution in [2.75, 3.05) is 7.11 Å². The van der Waals surface area contributed by atoms with Gasteiger partial charge >= 0.3 is 5.97 Å². The molecule has 1 aliphatic rings. The summed E-state index contributed by atoms with van der Waals surface area (Å²) >= 11 is 0. The van der Waals surface area contributed by atoms with Gasteiger partial charge in [0, 0.05) is 6.04 Å². The Balaban J connectivity index is 2.26. The SMILES string of the molecule is COC(=O)c1nnn2c1C(=O)N[C@@H](CC(C)C)C2. The number of hydrogen-bond acceptors (Lipinski definition) is 5. The first-order valence-corrected chi connectivity index (χ1v) is 5.85. The topological polar surface area (TPSA) is 86.1 Å². The number of rotatable bonds is 3. The molecule has 98 valence electrons. The number of hydrogen-bond donors (Lipinski definition) is 1. The molecule has 1 amide bonds. The fourth-order valence-electron chi connectivity index (χ4n) is 2.11. The van der Waals surface area contributed by atoms with E-state index in [4.69, 9.17) is 0 Å². The van der Waals surface area contributed by atoms with Crippen LogP contribution in [0.3, 0.4) is 0 Å². The van der Waals surface area contributed by atoms with Crippen LogP contribution >= 0.6 is 0 Å². The molecular formula is C11H16N4O3. The van der Waals surface area contributed by atoms with Gasteiger partial charge < -0.3 is 10.1 Å². The van der Waals surface area contributed by atoms with Crippen LogP contribution in [0.5, 0.6) is 0 Å². The summed E-state index contributed by atoms with van der Waals surface area (Å²) in [7, 11) is 1.25. The molecular weight excluding hydrogens is 236 g/mol. The minimum Gasteiger partial charge on any atom is -0.464 e. The number of amides is 1. The first-order valence-electron chi connectivity index (χ1n) is 5.85. The van der Waals surface area contributed by atoms with Crippen LogP contribution in [0.2, 0.25) is 0 Å². The molecule has 1 aromatic heterocycles. The Labute approximate surface area is 104 Å². The second kappa shape index (κ2) is 4.75. The molecule has 1 N–H and O–H groups in total. The lowest BCUT2D eigenvalue weighted by Gasteiger charge is -2.25. The second-order valence-corrected chi connectivity index (χ2v) is 4.76. The largest absolute Gasteiger partial charge is 0.464 e. The monoisotopic (exact) mass is 252 g/mol. The number of esters is 1. The first kappa shape index (κ1) is 12.5. The van der Waals surface area contributed by atoms with E-state index in [-0.39, 0.29) is 23.3 Å². The maximum Gasteiger partial charge on any atom is 0.361 e. The van der Waals surface area contributed by atoms with Crippen LogP contribution in [0.1, 0.15) is 41.2 Å². The molecule has 0 saturated carbocycles. The van der Waals surface area contributed by atoms with Crippen molar-refractivity contribution < 1.29 is 14.3 Å². The Hall–Kier alpha value is -1.92. The predicted octanol–water partition coefficient (Wildman–Crippen LogP) is 0.223. The van der Waals surface area contributed by atoms with Crippen LogP contribution in [0.15, 0.2) is 0 Å². The Kier molecular flexibility index (Phi) is 3.31. The van der Waals surface area contributed by atoms with Gasteiger partial charge in [0.2, 0.25) is 5.69 Å². The van der Waals surface area contributed by atoms with Gasteiger partial charge in [0.15, 0.2) is 5.69 Å². The molecule has 18 heavy (non-hydrogen) atoms. The Bertz CT molecular complexity index is 481. The highest BCUT2D eigenvalue weighted by Crippen LogP contribution is 2.16. The zero-order valence-corrected chi connectivity index (χ0v) is 10.6. The molecule has 0 saturated heterocycles. The summed E-state index contributed by atoms with van der Waals surface area (Å²) in [6.45, 7) is 4.70. The van der Waals surface area contributed by atoms with Crippen LogP contribution in [-0.2, 0) is 11.3 Å². The number of aromatic nitrogens is 3. The summed E-state index contributed by atoms with van der Waals surface area (Å²) in [5.41, 5.74) is 0.153. The van der Waals surface area contributed by atoms with Gasteiger partial charge in [-0.2, -0.15) is 0 Å². The van der Waals surface area contributed by atoms with Gasteiger partial charge in [0.1, 0.15) is 0 Å². The van der Waals surface area contributed by atoms with E-state index in [0.29, 0.717) is 12.5 Å². The van der Waals surface area contributed by atoms with Gasteiger partial charge in [-0.25, -0.2) is 9.48 Å². The van der Waals surface area contributed by atoms with E-state index in [0.717, 1.165) is 6.42 Å². The molecule has 7 heteroatoms. The molecule has 1 aromatic rings. The van der Waals surface area contributed by atoms with Crippen LogP contribution in [-0.4, -0.2) is 40.0 Å². The lowest BCUT2D eigenvalue weighted by atomic mass is 10.0. The van der Waals surface area contributed by atoms with Gasteiger partial charge in [-0.1, -0.05) is 19.1 Å². The molecule has 0 bridgehead atoms. The molecule has 0 spiro atoms. The third-order valence-corrected chi connectivity index (χ3v) is 2.81. The number of ether oxygens (including phenoxy) is 1. The smallest absolute Gasteiger partial charge is 0.361 e. The molecule has 7 nitrogen and oxygen atoms in total. The number of carbonyl (C=O) groups is 2. The summed E-state index contributed by atoms with van der Waals surface area (Å²) in [4.78, 5) is 23.4. The molecule has 2 rings (SSSR count). The van der Waals surface area contributed by atoms with E-state index >= 15 is 0 Å². The molecule has 0 fully saturated rings. The predicted molar refractivity (Wildman–Crippen MR) is 62.1 cm³/mol. The molecule has 0 aliphatic carbocycles. The fourth-order valence-corrected chi connectivity index (χ4v) is 2.11. The Morgan fingerprint density at radius 2 is 2.33 bits per heavy atom. The van der Waals surface area contributed by atoms with Gasteiger partial charge in [-0.05, 0) is 12.3 Å². The normalized spacial score (nSPS) is 18.4. The van der Waals surface area contributed by atoms with E-state index in [9.17, 15) is 9.59 Å². The molecule has 0 unspecified atom stereocenters. The summed E-state index contributed by atoms with van der Waals surface area (Å²) in [5.74, 6) is -0.494. The van der Waals surface area contributed by atoms with Crippen molar-refractivity contribution in [1.82, 2.24) is 20.3 Å². The summed E-state index contributed by atoms with van der Waals surface area (Å²) in [6, 6.07) is 0.0252. The summed E-state index contributed by atoms with van der Waals surface area (Å²) in [5, 5.41) is 10.4. The van der Waals surface area contributed by atoms with Crippen LogP contribution < -0.4 is 5.32 Å². The van der Waals surface area contributed by atoms with Crippen LogP contribution in [0.4, 0.5) is 0 Å². The third-order valence-electron chi connectivity index (χ3n) is 2.81. The number of methoxy groups -OCH3 is 1. The zero-order chi connectivity index (χ0) is 13.3. The average Bonchev–Trinajstić information content (AvgIpc) is 2.71. The quantitative estimate of drug-likeness (QED) is 0.778. The van der Waals surface area contributed by atoms with Crippen molar-refractivity contribution in [3.8, 4) is 0 Å². The lowest BCUT2D eigenvalue weighted by molar-refractivity contribution is 0.0587. The second-order valence-electron chi connectivity index (χ2n) is 4.76. The van der Waals surface area contributed by atoms with Crippen LogP contribution in [0.25, 0.3) is 0 Å². The molecule has 0 radical (unpaired) electrons. The highest BCUT2D eigenvalue weighted by atomic mass is 16.5. The fraction of sp³-hybridized carbons (Fsp3) is 0.636. The third kappa shape index (κ3) is 2.20. The average molecular weight is 252 g/mol. The van der Waals surface area contributed by atoms with Crippen molar-refractivity contribution in [2.24, 2.45) is 5.92 Å². The Morgan fingerprint density at radius 1 is 1.61 bits per heavy atom. The van der Waals surface area contributed by atoms with E-state index in [1.165, 1.54) is 11.8 Å². The minimum absolute atomic E-state index is 0.0252. The highest BCUT2D eigenvalue weighted by Gasteiger charge is 2.32. The van der Waals surface area contributed by atoms with Crippen molar-refractivity contribution in [3.05, 3.63) is 11.4 Å². The molecule has 1 aliphatic heterocycles. The van der Waals surface area contributed by atoms with Crippen molar-refractivity contribution in [3.63, 3.8) is 0 Å². The van der Waals surface area contributed by atoms with Crippen LogP contribution in [0, 0.1) is 5.92 Å². The first-order chi connectivity index (χ1) is 8.52. The van der Waals surface area contributed by atoms with Crippen molar-refractivity contribution >= 4 is 11.9 Å². The molecule has 2 heterocycles. The minimum atomic E-state index is -0.645. The van der Waals surface area contributed by atoms with Crippen molar-refractivity contribution in [1.29, 1.82) is 0 Å². The van der Waals surface area contributed by atoms with Gasteiger partial charge in [-0.3, -0.25) is 4.79 Å². The maximum atomic E-state index is 12.0. The van der Waals surface area contributed by atoms with E-state index in [1.54, 1.807) is 0 Å². The summed E-state index contributed by atoms with van der Waals surface area (Å²) in [6.07, 6.45) is 0.860. The number of nitrogens with one attached hydrogen (secondary N) is 1. The summed E-state index contributed by atoms with van der Waals surface area (Å²) < 4.78 is 6.04. The molecule has 0 aromatic carbocycles. The Morgan fingerprint density at radius 3 is 2.94 bits per heavy atom. The maximum absolute atomic E-state index is 12.0. The number of nitrogens with zero attached hydrogens (tertiary/aromatic N) is 3. The number of fused-ring (bicyclic) bond motifs is 1. The van der Waals surface area contributed by atoms with Gasteiger partial charge in [0.05, 0.1) is 13.7 Å². The lowest BCUT2D eigenvalue weighted by Crippen LogP contribution is -2.45. The van der Waals surface area contributed by atoms with E-state index < -0.39 is 5.97 Å². The highest BCUT2D eigenvalue weighted by molar-refractivity contribution is 6.03. The number of carbonyl (C=O) groups excluding carboxylic acids is 2.